The molecule has 0 aliphatic rings. The summed E-state index contributed by atoms with van der Waals surface area (Å²) in [5.41, 5.74) is 4.58. The molecule has 0 aliphatic carbocycles. The Bertz CT molecular complexity index is 600. The van der Waals surface area contributed by atoms with Gasteiger partial charge in [0.15, 0.2) is 0 Å². The Balaban J connectivity index is 2.07. The fourth-order valence-corrected chi connectivity index (χ4v) is 2.23. The lowest BCUT2D eigenvalue weighted by molar-refractivity contribution is 0.0779. The molecule has 0 saturated heterocycles. The van der Waals surface area contributed by atoms with Crippen molar-refractivity contribution < 1.29 is 4.79 Å². The number of nitrogen functional groups attached to an aromatic ring is 1. The Morgan fingerprint density at radius 3 is 2.80 bits per heavy atom. The number of carbonyl (C=O) groups is 1. The summed E-state index contributed by atoms with van der Waals surface area (Å²) in [6.45, 7) is 0.525. The third-order valence-electron chi connectivity index (χ3n) is 2.80. The SMILES string of the molecule is CN(Cc1cccc(Br)c1)C(=O)c1ccc(NN)cn1. The number of aromatic nitrogens is 1. The fraction of sp³-hybridized carbons (Fsp3) is 0.143. The monoisotopic (exact) mass is 334 g/mol. The quantitative estimate of drug-likeness (QED) is 0.665. The van der Waals surface area contributed by atoms with Crippen molar-refractivity contribution in [3.63, 3.8) is 0 Å². The number of amides is 1. The van der Waals surface area contributed by atoms with Crippen LogP contribution >= 0.6 is 15.9 Å². The minimum atomic E-state index is -0.131. The van der Waals surface area contributed by atoms with Crippen LogP contribution in [0.25, 0.3) is 0 Å². The lowest BCUT2D eigenvalue weighted by Crippen LogP contribution is -2.27. The molecule has 5 nitrogen and oxygen atoms in total. The van der Waals surface area contributed by atoms with Crippen LogP contribution in [0.1, 0.15) is 16.1 Å². The zero-order valence-electron chi connectivity index (χ0n) is 11.0. The van der Waals surface area contributed by atoms with E-state index in [1.54, 1.807) is 24.1 Å². The molecule has 20 heavy (non-hydrogen) atoms. The number of pyridine rings is 1. The summed E-state index contributed by atoms with van der Waals surface area (Å²) in [5.74, 6) is 5.13. The number of hydrazine groups is 1. The van der Waals surface area contributed by atoms with Crippen LogP contribution in [0.3, 0.4) is 0 Å². The van der Waals surface area contributed by atoms with Gasteiger partial charge in [-0.25, -0.2) is 4.98 Å². The highest BCUT2D eigenvalue weighted by molar-refractivity contribution is 9.10. The number of nitrogens with zero attached hydrogens (tertiary/aromatic N) is 2. The molecule has 0 bridgehead atoms. The summed E-state index contributed by atoms with van der Waals surface area (Å²) in [5, 5.41) is 0. The molecule has 2 rings (SSSR count). The summed E-state index contributed by atoms with van der Waals surface area (Å²) in [4.78, 5) is 17.9. The fourth-order valence-electron chi connectivity index (χ4n) is 1.78. The van der Waals surface area contributed by atoms with Gasteiger partial charge in [-0.3, -0.25) is 10.6 Å². The van der Waals surface area contributed by atoms with E-state index in [0.717, 1.165) is 10.0 Å². The van der Waals surface area contributed by atoms with Gasteiger partial charge in [0.05, 0.1) is 11.9 Å². The normalized spacial score (nSPS) is 10.2. The van der Waals surface area contributed by atoms with Crippen LogP contribution in [0, 0.1) is 0 Å². The molecule has 0 fully saturated rings. The molecule has 1 aromatic heterocycles. The van der Waals surface area contributed by atoms with Crippen molar-refractivity contribution in [3.05, 3.63) is 58.3 Å². The van der Waals surface area contributed by atoms with Gasteiger partial charge in [0.25, 0.3) is 5.91 Å². The first-order valence-corrected chi connectivity index (χ1v) is 6.82. The molecule has 0 radical (unpaired) electrons. The second kappa shape index (κ2) is 6.49. The third kappa shape index (κ3) is 3.55. The van der Waals surface area contributed by atoms with Crippen molar-refractivity contribution in [2.24, 2.45) is 5.84 Å². The van der Waals surface area contributed by atoms with Crippen molar-refractivity contribution in [2.45, 2.75) is 6.54 Å². The van der Waals surface area contributed by atoms with Crippen molar-refractivity contribution >= 4 is 27.5 Å². The van der Waals surface area contributed by atoms with E-state index in [1.165, 1.54) is 6.20 Å². The molecular formula is C14H15BrN4O. The van der Waals surface area contributed by atoms with E-state index in [9.17, 15) is 4.79 Å². The highest BCUT2D eigenvalue weighted by Crippen LogP contribution is 2.14. The van der Waals surface area contributed by atoms with Crippen LogP contribution in [0.2, 0.25) is 0 Å². The van der Waals surface area contributed by atoms with Crippen molar-refractivity contribution in [1.82, 2.24) is 9.88 Å². The van der Waals surface area contributed by atoms with Gasteiger partial charge in [0.1, 0.15) is 5.69 Å². The molecule has 0 saturated carbocycles. The summed E-state index contributed by atoms with van der Waals surface area (Å²) in [6, 6.07) is 11.2. The summed E-state index contributed by atoms with van der Waals surface area (Å²) >= 11 is 3.42. The zero-order chi connectivity index (χ0) is 14.5. The molecule has 0 unspecified atom stereocenters. The molecule has 3 N–H and O–H groups in total. The Hall–Kier alpha value is -1.92. The predicted molar refractivity (Wildman–Crippen MR) is 82.0 cm³/mol. The first-order chi connectivity index (χ1) is 9.60. The predicted octanol–water partition coefficient (Wildman–Crippen LogP) is 2.40. The van der Waals surface area contributed by atoms with Crippen molar-refractivity contribution in [3.8, 4) is 0 Å². The molecule has 0 aliphatic heterocycles. The average molecular weight is 335 g/mol. The van der Waals surface area contributed by atoms with Crippen LogP contribution in [0.15, 0.2) is 47.1 Å². The minimum Gasteiger partial charge on any atom is -0.336 e. The molecule has 0 spiro atoms. The molecule has 1 amide bonds. The molecule has 0 atom stereocenters. The highest BCUT2D eigenvalue weighted by atomic mass is 79.9. The second-order valence-corrected chi connectivity index (χ2v) is 5.28. The second-order valence-electron chi connectivity index (χ2n) is 4.37. The molecule has 1 heterocycles. The molecule has 1 aromatic carbocycles. The van der Waals surface area contributed by atoms with Gasteiger partial charge in [-0.2, -0.15) is 0 Å². The Morgan fingerprint density at radius 2 is 2.20 bits per heavy atom. The number of rotatable bonds is 4. The van der Waals surface area contributed by atoms with Crippen molar-refractivity contribution in [1.29, 1.82) is 0 Å². The minimum absolute atomic E-state index is 0.131. The van der Waals surface area contributed by atoms with Gasteiger partial charge < -0.3 is 10.3 Å². The van der Waals surface area contributed by atoms with Gasteiger partial charge in [-0.05, 0) is 29.8 Å². The Labute approximate surface area is 125 Å². The van der Waals surface area contributed by atoms with E-state index in [-0.39, 0.29) is 5.91 Å². The lowest BCUT2D eigenvalue weighted by atomic mass is 10.2. The molecular weight excluding hydrogens is 320 g/mol. The zero-order valence-corrected chi connectivity index (χ0v) is 12.6. The number of anilines is 1. The van der Waals surface area contributed by atoms with E-state index < -0.39 is 0 Å². The van der Waals surface area contributed by atoms with Crippen molar-refractivity contribution in [2.75, 3.05) is 12.5 Å². The van der Waals surface area contributed by atoms with Gasteiger partial charge in [-0.1, -0.05) is 28.1 Å². The van der Waals surface area contributed by atoms with Gasteiger partial charge in [0, 0.05) is 18.1 Å². The van der Waals surface area contributed by atoms with Gasteiger partial charge in [-0.15, -0.1) is 0 Å². The number of nitrogens with two attached hydrogens (primary N) is 1. The number of halogens is 1. The van der Waals surface area contributed by atoms with Crippen LogP contribution in [0.4, 0.5) is 5.69 Å². The maximum atomic E-state index is 12.2. The number of hydrogen-bond acceptors (Lipinski definition) is 4. The lowest BCUT2D eigenvalue weighted by Gasteiger charge is -2.17. The van der Waals surface area contributed by atoms with Gasteiger partial charge in [0.2, 0.25) is 0 Å². The number of benzene rings is 1. The first-order valence-electron chi connectivity index (χ1n) is 6.02. The Kier molecular flexibility index (Phi) is 4.70. The topological polar surface area (TPSA) is 71.2 Å². The largest absolute Gasteiger partial charge is 0.336 e. The van der Waals surface area contributed by atoms with E-state index >= 15 is 0 Å². The molecule has 104 valence electrons. The summed E-state index contributed by atoms with van der Waals surface area (Å²) in [6.07, 6.45) is 1.53. The molecule has 6 heteroatoms. The Morgan fingerprint density at radius 1 is 1.40 bits per heavy atom. The number of carbonyl (C=O) groups excluding carboxylic acids is 1. The standard InChI is InChI=1S/C14H15BrN4O/c1-19(9-10-3-2-4-11(15)7-10)14(20)13-6-5-12(18-16)8-17-13/h2-8,18H,9,16H2,1H3. The molecule has 2 aromatic rings. The maximum Gasteiger partial charge on any atom is 0.272 e. The van der Waals surface area contributed by atoms with Gasteiger partial charge >= 0.3 is 0 Å². The first kappa shape index (κ1) is 14.5. The van der Waals surface area contributed by atoms with Crippen LogP contribution < -0.4 is 11.3 Å². The average Bonchev–Trinajstić information content (AvgIpc) is 2.46. The highest BCUT2D eigenvalue weighted by Gasteiger charge is 2.13. The summed E-state index contributed by atoms with van der Waals surface area (Å²) in [7, 11) is 1.75. The van der Waals surface area contributed by atoms with E-state index in [4.69, 9.17) is 5.84 Å². The number of hydrogen-bond donors (Lipinski definition) is 2. The summed E-state index contributed by atoms with van der Waals surface area (Å²) < 4.78 is 0.993. The maximum absolute atomic E-state index is 12.2. The van der Waals surface area contributed by atoms with E-state index in [1.807, 2.05) is 24.3 Å². The third-order valence-corrected chi connectivity index (χ3v) is 3.30. The smallest absolute Gasteiger partial charge is 0.272 e. The van der Waals surface area contributed by atoms with Crippen LogP contribution in [0.5, 0.6) is 0 Å². The van der Waals surface area contributed by atoms with E-state index in [2.05, 4.69) is 26.3 Å². The van der Waals surface area contributed by atoms with Crippen LogP contribution in [-0.2, 0) is 6.54 Å². The van der Waals surface area contributed by atoms with E-state index in [0.29, 0.717) is 17.9 Å². The number of nitrogens with one attached hydrogen (secondary N) is 1. The van der Waals surface area contributed by atoms with Crippen LogP contribution in [-0.4, -0.2) is 22.8 Å².